The van der Waals surface area contributed by atoms with Gasteiger partial charge in [-0.1, -0.05) is 30.3 Å². The van der Waals surface area contributed by atoms with Crippen molar-refractivity contribution >= 4 is 17.3 Å². The van der Waals surface area contributed by atoms with E-state index in [1.807, 2.05) is 42.5 Å². The average Bonchev–Trinajstić information content (AvgIpc) is 2.50. The maximum Gasteiger partial charge on any atom is 0.228 e. The van der Waals surface area contributed by atoms with Gasteiger partial charge in [-0.25, -0.2) is 0 Å². The molecule has 116 valence electrons. The SMILES string of the molecule is CCN(c1ccc(NC(=O)Cc2ccccc2)cc1)C(C)C. The van der Waals surface area contributed by atoms with Gasteiger partial charge >= 0.3 is 0 Å². The summed E-state index contributed by atoms with van der Waals surface area (Å²) in [6.07, 6.45) is 0.398. The fourth-order valence-corrected chi connectivity index (χ4v) is 2.57. The van der Waals surface area contributed by atoms with Crippen LogP contribution in [0.1, 0.15) is 26.3 Å². The Kier molecular flexibility index (Phi) is 5.59. The smallest absolute Gasteiger partial charge is 0.228 e. The highest BCUT2D eigenvalue weighted by molar-refractivity contribution is 5.92. The Hall–Kier alpha value is -2.29. The van der Waals surface area contributed by atoms with Crippen LogP contribution in [0.4, 0.5) is 11.4 Å². The molecule has 2 rings (SSSR count). The van der Waals surface area contributed by atoms with Crippen LogP contribution in [0.2, 0.25) is 0 Å². The molecule has 0 unspecified atom stereocenters. The molecule has 3 heteroatoms. The molecule has 0 bridgehead atoms. The topological polar surface area (TPSA) is 32.3 Å². The van der Waals surface area contributed by atoms with Crippen molar-refractivity contribution in [3.63, 3.8) is 0 Å². The van der Waals surface area contributed by atoms with Crippen molar-refractivity contribution in [2.75, 3.05) is 16.8 Å². The van der Waals surface area contributed by atoms with Crippen LogP contribution in [0.3, 0.4) is 0 Å². The summed E-state index contributed by atoms with van der Waals surface area (Å²) in [5.74, 6) is 0.00940. The minimum Gasteiger partial charge on any atom is -0.369 e. The Morgan fingerprint density at radius 1 is 1.05 bits per heavy atom. The fraction of sp³-hybridized carbons (Fsp3) is 0.316. The predicted octanol–water partition coefficient (Wildman–Crippen LogP) is 4.10. The largest absolute Gasteiger partial charge is 0.369 e. The lowest BCUT2D eigenvalue weighted by atomic mass is 10.1. The first-order chi connectivity index (χ1) is 10.6. The van der Waals surface area contributed by atoms with Gasteiger partial charge in [-0.2, -0.15) is 0 Å². The van der Waals surface area contributed by atoms with E-state index in [0.717, 1.165) is 17.8 Å². The highest BCUT2D eigenvalue weighted by Crippen LogP contribution is 2.20. The van der Waals surface area contributed by atoms with Crippen LogP contribution in [-0.4, -0.2) is 18.5 Å². The molecule has 0 saturated carbocycles. The van der Waals surface area contributed by atoms with Crippen LogP contribution in [-0.2, 0) is 11.2 Å². The summed E-state index contributed by atoms with van der Waals surface area (Å²) in [6, 6.07) is 18.3. The number of benzene rings is 2. The second-order valence-electron chi connectivity index (χ2n) is 5.64. The van der Waals surface area contributed by atoms with Gasteiger partial charge in [-0.05, 0) is 50.6 Å². The Labute approximate surface area is 133 Å². The van der Waals surface area contributed by atoms with Crippen LogP contribution in [0.25, 0.3) is 0 Å². The maximum atomic E-state index is 12.0. The number of hydrogen-bond donors (Lipinski definition) is 1. The third-order valence-electron chi connectivity index (χ3n) is 3.65. The van der Waals surface area contributed by atoms with E-state index in [2.05, 4.69) is 43.1 Å². The van der Waals surface area contributed by atoms with Crippen molar-refractivity contribution in [1.29, 1.82) is 0 Å². The lowest BCUT2D eigenvalue weighted by molar-refractivity contribution is -0.115. The van der Waals surface area contributed by atoms with Crippen LogP contribution < -0.4 is 10.2 Å². The summed E-state index contributed by atoms with van der Waals surface area (Å²) in [5.41, 5.74) is 3.04. The second kappa shape index (κ2) is 7.64. The first-order valence-electron chi connectivity index (χ1n) is 7.80. The van der Waals surface area contributed by atoms with Gasteiger partial charge in [0.1, 0.15) is 0 Å². The minimum absolute atomic E-state index is 0.00940. The number of anilines is 2. The zero-order chi connectivity index (χ0) is 15.9. The van der Waals surface area contributed by atoms with Crippen LogP contribution in [0.15, 0.2) is 54.6 Å². The zero-order valence-corrected chi connectivity index (χ0v) is 13.5. The van der Waals surface area contributed by atoms with Gasteiger partial charge in [0.25, 0.3) is 0 Å². The number of carbonyl (C=O) groups excluding carboxylic acids is 1. The molecule has 0 aliphatic carbocycles. The van der Waals surface area contributed by atoms with E-state index < -0.39 is 0 Å². The average molecular weight is 296 g/mol. The first-order valence-corrected chi connectivity index (χ1v) is 7.80. The summed E-state index contributed by atoms with van der Waals surface area (Å²) in [7, 11) is 0. The highest BCUT2D eigenvalue weighted by Gasteiger charge is 2.08. The quantitative estimate of drug-likeness (QED) is 0.870. The number of amides is 1. The molecule has 0 heterocycles. The van der Waals surface area contributed by atoms with Crippen molar-refractivity contribution in [2.45, 2.75) is 33.2 Å². The molecule has 2 aromatic rings. The monoisotopic (exact) mass is 296 g/mol. The predicted molar refractivity (Wildman–Crippen MR) is 93.4 cm³/mol. The highest BCUT2D eigenvalue weighted by atomic mass is 16.1. The molecule has 22 heavy (non-hydrogen) atoms. The maximum absolute atomic E-state index is 12.0. The Bertz CT molecular complexity index is 591. The molecule has 0 saturated heterocycles. The lowest BCUT2D eigenvalue weighted by Crippen LogP contribution is -2.30. The molecule has 0 aliphatic rings. The number of nitrogens with one attached hydrogen (secondary N) is 1. The van der Waals surface area contributed by atoms with E-state index >= 15 is 0 Å². The van der Waals surface area contributed by atoms with E-state index in [-0.39, 0.29) is 5.91 Å². The molecule has 0 atom stereocenters. The third-order valence-corrected chi connectivity index (χ3v) is 3.65. The standard InChI is InChI=1S/C19H24N2O/c1-4-21(15(2)3)18-12-10-17(11-13-18)20-19(22)14-16-8-6-5-7-9-16/h5-13,15H,4,14H2,1-3H3,(H,20,22). The van der Waals surface area contributed by atoms with Gasteiger partial charge in [0.2, 0.25) is 5.91 Å². The van der Waals surface area contributed by atoms with Crippen molar-refractivity contribution in [3.8, 4) is 0 Å². The third kappa shape index (κ3) is 4.35. The molecule has 0 fully saturated rings. The summed E-state index contributed by atoms with van der Waals surface area (Å²) < 4.78 is 0. The minimum atomic E-state index is 0.00940. The normalized spacial score (nSPS) is 10.5. The van der Waals surface area contributed by atoms with Crippen LogP contribution in [0.5, 0.6) is 0 Å². The molecule has 3 nitrogen and oxygen atoms in total. The van der Waals surface area contributed by atoms with Gasteiger partial charge in [0.05, 0.1) is 6.42 Å². The number of nitrogens with zero attached hydrogens (tertiary/aromatic N) is 1. The van der Waals surface area contributed by atoms with Gasteiger partial charge in [-0.3, -0.25) is 4.79 Å². The molecule has 1 N–H and O–H groups in total. The van der Waals surface area contributed by atoms with E-state index in [9.17, 15) is 4.79 Å². The lowest BCUT2D eigenvalue weighted by Gasteiger charge is -2.27. The van der Waals surface area contributed by atoms with Crippen molar-refractivity contribution in [3.05, 3.63) is 60.2 Å². The van der Waals surface area contributed by atoms with E-state index in [0.29, 0.717) is 12.5 Å². The van der Waals surface area contributed by atoms with Crippen molar-refractivity contribution < 1.29 is 4.79 Å². The van der Waals surface area contributed by atoms with Crippen LogP contribution in [0, 0.1) is 0 Å². The fourth-order valence-electron chi connectivity index (χ4n) is 2.57. The van der Waals surface area contributed by atoms with Crippen LogP contribution >= 0.6 is 0 Å². The molecule has 0 spiro atoms. The van der Waals surface area contributed by atoms with E-state index in [4.69, 9.17) is 0 Å². The Morgan fingerprint density at radius 3 is 2.23 bits per heavy atom. The zero-order valence-electron chi connectivity index (χ0n) is 13.5. The molecule has 0 aromatic heterocycles. The Balaban J connectivity index is 1.97. The van der Waals surface area contributed by atoms with Gasteiger partial charge in [0.15, 0.2) is 0 Å². The number of carbonyl (C=O) groups is 1. The van der Waals surface area contributed by atoms with E-state index in [1.165, 1.54) is 5.69 Å². The van der Waals surface area contributed by atoms with Gasteiger partial charge < -0.3 is 10.2 Å². The van der Waals surface area contributed by atoms with Gasteiger partial charge in [-0.15, -0.1) is 0 Å². The summed E-state index contributed by atoms with van der Waals surface area (Å²) in [4.78, 5) is 14.4. The molecule has 0 aliphatic heterocycles. The van der Waals surface area contributed by atoms with Crippen molar-refractivity contribution in [1.82, 2.24) is 0 Å². The van der Waals surface area contributed by atoms with E-state index in [1.54, 1.807) is 0 Å². The molecule has 0 radical (unpaired) electrons. The van der Waals surface area contributed by atoms with Crippen molar-refractivity contribution in [2.24, 2.45) is 0 Å². The molecular weight excluding hydrogens is 272 g/mol. The second-order valence-corrected chi connectivity index (χ2v) is 5.64. The summed E-state index contributed by atoms with van der Waals surface area (Å²) >= 11 is 0. The summed E-state index contributed by atoms with van der Waals surface area (Å²) in [6.45, 7) is 7.48. The summed E-state index contributed by atoms with van der Waals surface area (Å²) in [5, 5.41) is 2.95. The molecular formula is C19H24N2O. The number of hydrogen-bond acceptors (Lipinski definition) is 2. The van der Waals surface area contributed by atoms with Gasteiger partial charge in [0, 0.05) is 24.0 Å². The molecule has 1 amide bonds. The first kappa shape index (κ1) is 16.1. The molecule has 2 aromatic carbocycles. The Morgan fingerprint density at radius 2 is 1.68 bits per heavy atom. The number of rotatable bonds is 6.